The van der Waals surface area contributed by atoms with Crippen LogP contribution in [-0.4, -0.2) is 21.4 Å². The number of tetrazole rings is 1. The van der Waals surface area contributed by atoms with Crippen molar-refractivity contribution in [3.63, 3.8) is 0 Å². The predicted octanol–water partition coefficient (Wildman–Crippen LogP) is 2.72. The molecule has 0 radical (unpaired) electrons. The largest absolute Gasteiger partial charge is 0.335 e. The Hall–Kier alpha value is -3.02. The molecule has 1 aromatic heterocycles. The lowest BCUT2D eigenvalue weighted by Crippen LogP contribution is -2.24. The summed E-state index contributed by atoms with van der Waals surface area (Å²) in [5.74, 6) is -0.373. The fraction of sp³-hybridized carbons (Fsp3) is 0.263. The van der Waals surface area contributed by atoms with E-state index in [1.165, 1.54) is 0 Å². The van der Waals surface area contributed by atoms with Gasteiger partial charge in [-0.05, 0) is 56.0 Å². The summed E-state index contributed by atoms with van der Waals surface area (Å²) < 4.78 is 0. The highest BCUT2D eigenvalue weighted by Crippen LogP contribution is 2.21. The summed E-state index contributed by atoms with van der Waals surface area (Å²) in [5, 5.41) is 17.8. The Labute approximate surface area is 146 Å². The van der Waals surface area contributed by atoms with Gasteiger partial charge in [-0.15, -0.1) is 0 Å². The molecule has 3 aromatic rings. The summed E-state index contributed by atoms with van der Waals surface area (Å²) >= 11 is 0. The summed E-state index contributed by atoms with van der Waals surface area (Å²) in [5.41, 5.74) is 5.15. The summed E-state index contributed by atoms with van der Waals surface area (Å²) in [7, 11) is 0. The second kappa shape index (κ2) is 7.25. The molecule has 0 bridgehead atoms. The van der Waals surface area contributed by atoms with E-state index < -0.39 is 5.92 Å². The molecule has 0 saturated carbocycles. The first-order valence-corrected chi connectivity index (χ1v) is 8.14. The third kappa shape index (κ3) is 4.29. The maximum absolute atomic E-state index is 12.9. The maximum Gasteiger partial charge on any atom is 0.232 e. The number of anilines is 1. The quantitative estimate of drug-likeness (QED) is 0.776. The summed E-state index contributed by atoms with van der Waals surface area (Å²) in [4.78, 5) is 12.9. The van der Waals surface area contributed by atoms with E-state index in [0.717, 1.165) is 27.9 Å². The molecule has 0 aliphatic heterocycles. The monoisotopic (exact) mass is 334 g/mol. The minimum absolute atomic E-state index is 0.165. The van der Waals surface area contributed by atoms with Crippen LogP contribution in [0.15, 0.2) is 42.5 Å². The Morgan fingerprint density at radius 1 is 1.08 bits per heavy atom. The van der Waals surface area contributed by atoms with Crippen molar-refractivity contribution >= 4 is 11.6 Å². The van der Waals surface area contributed by atoms with Gasteiger partial charge in [0.2, 0.25) is 5.91 Å². The topological polar surface area (TPSA) is 81.9 Å². The van der Waals surface area contributed by atoms with Crippen LogP contribution < -0.4 is 10.4 Å². The summed E-state index contributed by atoms with van der Waals surface area (Å²) in [6.07, 6.45) is 0.492. The van der Waals surface area contributed by atoms with Crippen LogP contribution in [0.1, 0.15) is 34.0 Å². The van der Waals surface area contributed by atoms with Crippen LogP contribution in [0.3, 0.4) is 0 Å². The van der Waals surface area contributed by atoms with E-state index in [9.17, 15) is 4.79 Å². The Bertz CT molecular complexity index is 853. The van der Waals surface area contributed by atoms with Crippen LogP contribution in [0, 0.1) is 20.8 Å². The molecule has 0 fully saturated rings. The van der Waals surface area contributed by atoms with Gasteiger partial charge in [0.05, 0.1) is 5.92 Å². The van der Waals surface area contributed by atoms with Gasteiger partial charge in [0, 0.05) is 11.5 Å². The molecule has 1 amide bonds. The average molecular weight is 334 g/mol. The number of benzene rings is 2. The Balaban J connectivity index is 1.85. The van der Waals surface area contributed by atoms with E-state index in [2.05, 4.69) is 38.1 Å². The number of rotatable bonds is 5. The highest BCUT2D eigenvalue weighted by atomic mass is 16.1. The second-order valence-electron chi connectivity index (χ2n) is 6.35. The number of nitrogens with zero attached hydrogens (tertiary/aromatic N) is 4. The summed E-state index contributed by atoms with van der Waals surface area (Å²) in [6, 6.07) is 14.0. The predicted molar refractivity (Wildman–Crippen MR) is 95.3 cm³/mol. The van der Waals surface area contributed by atoms with Crippen LogP contribution in [0.5, 0.6) is 0 Å². The highest BCUT2D eigenvalue weighted by Gasteiger charge is 2.21. The first-order valence-electron chi connectivity index (χ1n) is 8.14. The number of aryl methyl sites for hydroxylation is 3. The van der Waals surface area contributed by atoms with Crippen molar-refractivity contribution in [3.8, 4) is 0 Å². The van der Waals surface area contributed by atoms with Crippen LogP contribution in [-0.2, 0) is 11.2 Å². The lowest BCUT2D eigenvalue weighted by Gasteiger charge is -2.18. The molecule has 0 unspecified atom stereocenters. The normalized spacial score (nSPS) is 12.0. The van der Waals surface area contributed by atoms with Gasteiger partial charge in [-0.2, -0.15) is 5.21 Å². The van der Waals surface area contributed by atoms with Gasteiger partial charge in [0.25, 0.3) is 0 Å². The van der Waals surface area contributed by atoms with Crippen molar-refractivity contribution in [2.45, 2.75) is 33.1 Å². The molecule has 0 saturated heterocycles. The van der Waals surface area contributed by atoms with Crippen LogP contribution >= 0.6 is 0 Å². The first kappa shape index (κ1) is 16.8. The standard InChI is InChI=1S/C19H21N5O/c1-12-5-4-6-15(8-12)11-17(18-21-23-24-22-18)19(25)20-16-9-13(2)7-14(3)10-16/h4-10,17H,11H2,1-3H3,(H2,20,21,22,23,24,25)/p-1/t17-/m1/s1. The molecular weight excluding hydrogens is 314 g/mol. The van der Waals surface area contributed by atoms with Gasteiger partial charge < -0.3 is 10.4 Å². The second-order valence-corrected chi connectivity index (χ2v) is 6.35. The van der Waals surface area contributed by atoms with Gasteiger partial charge >= 0.3 is 0 Å². The van der Waals surface area contributed by atoms with E-state index in [0.29, 0.717) is 12.2 Å². The van der Waals surface area contributed by atoms with Crippen LogP contribution in [0.4, 0.5) is 5.69 Å². The van der Waals surface area contributed by atoms with Crippen LogP contribution in [0.2, 0.25) is 0 Å². The molecule has 2 aromatic carbocycles. The molecule has 25 heavy (non-hydrogen) atoms. The highest BCUT2D eigenvalue weighted by molar-refractivity contribution is 5.95. The van der Waals surface area contributed by atoms with Crippen molar-refractivity contribution in [3.05, 3.63) is 70.5 Å². The Morgan fingerprint density at radius 3 is 2.48 bits per heavy atom. The fourth-order valence-corrected chi connectivity index (χ4v) is 2.94. The van der Waals surface area contributed by atoms with Crippen molar-refractivity contribution in [1.29, 1.82) is 0 Å². The van der Waals surface area contributed by atoms with Gasteiger partial charge in [-0.25, -0.2) is 0 Å². The molecular formula is C19H20N5O-. The molecule has 0 aliphatic rings. The molecule has 0 spiro atoms. The van der Waals surface area contributed by atoms with Crippen LogP contribution in [0.25, 0.3) is 0 Å². The Morgan fingerprint density at radius 2 is 1.84 bits per heavy atom. The molecule has 1 atom stereocenters. The number of hydrogen-bond acceptors (Lipinski definition) is 4. The molecule has 1 N–H and O–H groups in total. The number of carbonyl (C=O) groups is 1. The zero-order valence-corrected chi connectivity index (χ0v) is 14.5. The fourth-order valence-electron chi connectivity index (χ4n) is 2.94. The van der Waals surface area contributed by atoms with Crippen molar-refractivity contribution < 1.29 is 4.79 Å². The molecule has 6 nitrogen and oxygen atoms in total. The SMILES string of the molecule is Cc1cccc(C[C@@H](C(=O)Nc2cc(C)cc(C)c2)c2nnn[n-]2)c1. The zero-order valence-electron chi connectivity index (χ0n) is 14.5. The smallest absolute Gasteiger partial charge is 0.232 e. The Kier molecular flexibility index (Phi) is 4.88. The van der Waals surface area contributed by atoms with Gasteiger partial charge in [-0.3, -0.25) is 15.1 Å². The van der Waals surface area contributed by atoms with E-state index >= 15 is 0 Å². The van der Waals surface area contributed by atoms with E-state index in [1.54, 1.807) is 0 Å². The van der Waals surface area contributed by atoms with Gasteiger partial charge in [-0.1, -0.05) is 35.9 Å². The zero-order chi connectivity index (χ0) is 17.8. The van der Waals surface area contributed by atoms with E-state index in [4.69, 9.17) is 0 Å². The molecule has 0 aliphatic carbocycles. The lowest BCUT2D eigenvalue weighted by molar-refractivity contribution is -0.117. The third-order valence-corrected chi connectivity index (χ3v) is 3.97. The van der Waals surface area contributed by atoms with E-state index in [-0.39, 0.29) is 5.91 Å². The number of aromatic nitrogens is 4. The summed E-state index contributed by atoms with van der Waals surface area (Å²) in [6.45, 7) is 6.03. The number of hydrogen-bond donors (Lipinski definition) is 1. The number of carbonyl (C=O) groups excluding carboxylic acids is 1. The molecule has 3 rings (SSSR count). The minimum atomic E-state index is -0.544. The molecule has 1 heterocycles. The maximum atomic E-state index is 12.9. The average Bonchev–Trinajstić information content (AvgIpc) is 3.05. The van der Waals surface area contributed by atoms with Gasteiger partial charge in [0.1, 0.15) is 0 Å². The number of amides is 1. The number of nitrogens with one attached hydrogen (secondary N) is 1. The minimum Gasteiger partial charge on any atom is -0.335 e. The molecule has 128 valence electrons. The first-order chi connectivity index (χ1) is 12.0. The van der Waals surface area contributed by atoms with E-state index in [1.807, 2.05) is 51.1 Å². The lowest BCUT2D eigenvalue weighted by atomic mass is 9.96. The van der Waals surface area contributed by atoms with Crippen molar-refractivity contribution in [1.82, 2.24) is 20.6 Å². The van der Waals surface area contributed by atoms with Gasteiger partial charge in [0.15, 0.2) is 0 Å². The third-order valence-electron chi connectivity index (χ3n) is 3.97. The molecule has 6 heteroatoms. The van der Waals surface area contributed by atoms with Crippen molar-refractivity contribution in [2.24, 2.45) is 0 Å². The van der Waals surface area contributed by atoms with Crippen molar-refractivity contribution in [2.75, 3.05) is 5.32 Å².